The van der Waals surface area contributed by atoms with Crippen LogP contribution in [0.1, 0.15) is 0 Å². The minimum absolute atomic E-state index is 0.411. The van der Waals surface area contributed by atoms with Crippen LogP contribution in [0.25, 0.3) is 10.9 Å². The SMILES string of the molecule is CN(C(=O)Oc1ccccc1)c1ccc2[nH]ccc2c1. The summed E-state index contributed by atoms with van der Waals surface area (Å²) in [5.74, 6) is 0.534. The molecule has 1 aromatic heterocycles. The highest BCUT2D eigenvalue weighted by Gasteiger charge is 2.13. The maximum absolute atomic E-state index is 12.1. The first-order valence-corrected chi connectivity index (χ1v) is 6.32. The summed E-state index contributed by atoms with van der Waals surface area (Å²) in [6.07, 6.45) is 1.46. The summed E-state index contributed by atoms with van der Waals surface area (Å²) in [5.41, 5.74) is 1.83. The highest BCUT2D eigenvalue weighted by Crippen LogP contribution is 2.21. The Hall–Kier alpha value is -2.75. The number of aromatic nitrogens is 1. The summed E-state index contributed by atoms with van der Waals surface area (Å²) in [6.45, 7) is 0. The third-order valence-corrected chi connectivity index (χ3v) is 3.15. The number of hydrogen-bond acceptors (Lipinski definition) is 2. The van der Waals surface area contributed by atoms with E-state index in [0.29, 0.717) is 5.75 Å². The third-order valence-electron chi connectivity index (χ3n) is 3.15. The number of para-hydroxylation sites is 1. The highest BCUT2D eigenvalue weighted by atomic mass is 16.6. The van der Waals surface area contributed by atoms with E-state index in [4.69, 9.17) is 4.74 Å². The van der Waals surface area contributed by atoms with Gasteiger partial charge < -0.3 is 9.72 Å². The normalized spacial score (nSPS) is 10.4. The molecule has 0 saturated carbocycles. The monoisotopic (exact) mass is 266 g/mol. The van der Waals surface area contributed by atoms with Crippen molar-refractivity contribution in [3.8, 4) is 5.75 Å². The van der Waals surface area contributed by atoms with Crippen LogP contribution in [0.3, 0.4) is 0 Å². The Balaban J connectivity index is 1.80. The van der Waals surface area contributed by atoms with Gasteiger partial charge in [-0.25, -0.2) is 4.79 Å². The van der Waals surface area contributed by atoms with Crippen molar-refractivity contribution in [3.63, 3.8) is 0 Å². The first kappa shape index (κ1) is 12.3. The molecule has 1 N–H and O–H groups in total. The summed E-state index contributed by atoms with van der Waals surface area (Å²) in [7, 11) is 1.69. The Kier molecular flexibility index (Phi) is 3.13. The quantitative estimate of drug-likeness (QED) is 0.766. The number of carbonyl (C=O) groups excluding carboxylic acids is 1. The van der Waals surface area contributed by atoms with E-state index in [1.165, 1.54) is 4.90 Å². The van der Waals surface area contributed by atoms with Gasteiger partial charge in [-0.05, 0) is 36.4 Å². The van der Waals surface area contributed by atoms with Gasteiger partial charge in [0, 0.05) is 29.8 Å². The molecular formula is C16H14N2O2. The molecule has 100 valence electrons. The lowest BCUT2D eigenvalue weighted by molar-refractivity contribution is 0.209. The van der Waals surface area contributed by atoms with Crippen molar-refractivity contribution in [3.05, 3.63) is 60.8 Å². The third kappa shape index (κ3) is 2.36. The molecule has 2 aromatic carbocycles. The molecule has 3 aromatic rings. The number of rotatable bonds is 2. The molecular weight excluding hydrogens is 252 g/mol. The summed E-state index contributed by atoms with van der Waals surface area (Å²) in [6, 6.07) is 16.8. The topological polar surface area (TPSA) is 45.3 Å². The first-order valence-electron chi connectivity index (χ1n) is 6.32. The van der Waals surface area contributed by atoms with Crippen LogP contribution >= 0.6 is 0 Å². The zero-order valence-corrected chi connectivity index (χ0v) is 11.0. The van der Waals surface area contributed by atoms with Crippen molar-refractivity contribution in [2.24, 2.45) is 0 Å². The largest absolute Gasteiger partial charge is 0.419 e. The lowest BCUT2D eigenvalue weighted by Gasteiger charge is -2.17. The minimum Gasteiger partial charge on any atom is -0.410 e. The summed E-state index contributed by atoms with van der Waals surface area (Å²) < 4.78 is 5.30. The molecule has 0 atom stereocenters. The maximum atomic E-state index is 12.1. The van der Waals surface area contributed by atoms with Gasteiger partial charge in [-0.2, -0.15) is 0 Å². The fraction of sp³-hybridized carbons (Fsp3) is 0.0625. The molecule has 0 aliphatic rings. The predicted molar refractivity (Wildman–Crippen MR) is 79.2 cm³/mol. The number of anilines is 1. The molecule has 1 amide bonds. The minimum atomic E-state index is -0.411. The first-order chi connectivity index (χ1) is 9.74. The lowest BCUT2D eigenvalue weighted by atomic mass is 10.2. The van der Waals surface area contributed by atoms with Crippen LogP contribution in [0, 0.1) is 0 Å². The number of benzene rings is 2. The van der Waals surface area contributed by atoms with Crippen molar-refractivity contribution < 1.29 is 9.53 Å². The van der Waals surface area contributed by atoms with Crippen LogP contribution in [0.2, 0.25) is 0 Å². The average molecular weight is 266 g/mol. The summed E-state index contributed by atoms with van der Waals surface area (Å²) >= 11 is 0. The van der Waals surface area contributed by atoms with Gasteiger partial charge in [0.25, 0.3) is 0 Å². The Labute approximate surface area is 116 Å². The smallest absolute Gasteiger partial charge is 0.410 e. The molecule has 0 aliphatic heterocycles. The number of hydrogen-bond donors (Lipinski definition) is 1. The number of aromatic amines is 1. The van der Waals surface area contributed by atoms with E-state index >= 15 is 0 Å². The average Bonchev–Trinajstić information content (AvgIpc) is 2.94. The second-order valence-corrected chi connectivity index (χ2v) is 4.49. The van der Waals surface area contributed by atoms with Gasteiger partial charge in [0.05, 0.1) is 0 Å². The number of H-pyrrole nitrogens is 1. The van der Waals surface area contributed by atoms with E-state index in [2.05, 4.69) is 4.98 Å². The van der Waals surface area contributed by atoms with Gasteiger partial charge in [0.2, 0.25) is 0 Å². The number of amides is 1. The zero-order valence-electron chi connectivity index (χ0n) is 11.0. The molecule has 3 rings (SSSR count). The molecule has 0 spiro atoms. The molecule has 0 aliphatic carbocycles. The Bertz CT molecular complexity index is 734. The van der Waals surface area contributed by atoms with E-state index in [9.17, 15) is 4.79 Å². The van der Waals surface area contributed by atoms with Gasteiger partial charge in [-0.15, -0.1) is 0 Å². The molecule has 0 bridgehead atoms. The van der Waals surface area contributed by atoms with E-state index in [0.717, 1.165) is 16.6 Å². The summed E-state index contributed by atoms with van der Waals surface area (Å²) in [4.78, 5) is 16.7. The Morgan fingerprint density at radius 1 is 1.10 bits per heavy atom. The number of ether oxygens (including phenoxy) is 1. The number of fused-ring (bicyclic) bond motifs is 1. The predicted octanol–water partition coefficient (Wildman–Crippen LogP) is 3.80. The summed E-state index contributed by atoms with van der Waals surface area (Å²) in [5, 5.41) is 1.06. The van der Waals surface area contributed by atoms with Crippen LogP contribution in [-0.4, -0.2) is 18.1 Å². The second kappa shape index (κ2) is 5.09. The number of nitrogens with zero attached hydrogens (tertiary/aromatic N) is 1. The zero-order chi connectivity index (χ0) is 13.9. The van der Waals surface area contributed by atoms with Crippen molar-refractivity contribution >= 4 is 22.7 Å². The molecule has 0 saturated heterocycles. The van der Waals surface area contributed by atoms with Crippen molar-refractivity contribution in [1.82, 2.24) is 4.98 Å². The number of nitrogens with one attached hydrogen (secondary N) is 1. The van der Waals surface area contributed by atoms with Crippen molar-refractivity contribution in [2.45, 2.75) is 0 Å². The van der Waals surface area contributed by atoms with Crippen LogP contribution in [-0.2, 0) is 0 Å². The van der Waals surface area contributed by atoms with Crippen LogP contribution in [0.5, 0.6) is 5.75 Å². The van der Waals surface area contributed by atoms with Gasteiger partial charge in [-0.3, -0.25) is 4.90 Å². The van der Waals surface area contributed by atoms with Gasteiger partial charge in [-0.1, -0.05) is 18.2 Å². The van der Waals surface area contributed by atoms with Crippen LogP contribution in [0.15, 0.2) is 60.8 Å². The standard InChI is InChI=1S/C16H14N2O2/c1-18(16(19)20-14-5-3-2-4-6-14)13-7-8-15-12(11-13)9-10-17-15/h2-11,17H,1H3. The van der Waals surface area contributed by atoms with Gasteiger partial charge >= 0.3 is 6.09 Å². The Morgan fingerprint density at radius 2 is 1.90 bits per heavy atom. The second-order valence-electron chi connectivity index (χ2n) is 4.49. The van der Waals surface area contributed by atoms with Crippen LogP contribution < -0.4 is 9.64 Å². The maximum Gasteiger partial charge on any atom is 0.419 e. The van der Waals surface area contributed by atoms with E-state index in [1.807, 2.05) is 48.7 Å². The van der Waals surface area contributed by atoms with Gasteiger partial charge in [0.1, 0.15) is 5.75 Å². The lowest BCUT2D eigenvalue weighted by Crippen LogP contribution is -2.29. The molecule has 4 heteroatoms. The molecule has 1 heterocycles. The fourth-order valence-electron chi connectivity index (χ4n) is 2.01. The molecule has 0 unspecified atom stereocenters. The fourth-order valence-corrected chi connectivity index (χ4v) is 2.01. The highest BCUT2D eigenvalue weighted by molar-refractivity contribution is 5.92. The van der Waals surface area contributed by atoms with E-state index in [-0.39, 0.29) is 0 Å². The van der Waals surface area contributed by atoms with E-state index < -0.39 is 6.09 Å². The molecule has 0 fully saturated rings. The Morgan fingerprint density at radius 3 is 2.70 bits per heavy atom. The van der Waals surface area contributed by atoms with Crippen molar-refractivity contribution in [2.75, 3.05) is 11.9 Å². The molecule has 20 heavy (non-hydrogen) atoms. The van der Waals surface area contributed by atoms with Crippen LogP contribution in [0.4, 0.5) is 10.5 Å². The molecule has 0 radical (unpaired) electrons. The number of carbonyl (C=O) groups is 1. The van der Waals surface area contributed by atoms with E-state index in [1.54, 1.807) is 19.2 Å². The molecule has 4 nitrogen and oxygen atoms in total. The van der Waals surface area contributed by atoms with Crippen molar-refractivity contribution in [1.29, 1.82) is 0 Å². The van der Waals surface area contributed by atoms with Gasteiger partial charge in [0.15, 0.2) is 0 Å².